The van der Waals surface area contributed by atoms with Gasteiger partial charge in [0.15, 0.2) is 0 Å². The van der Waals surface area contributed by atoms with Crippen LogP contribution in [0.2, 0.25) is 0 Å². The highest BCUT2D eigenvalue weighted by atomic mass is 32.2. The van der Waals surface area contributed by atoms with Gasteiger partial charge in [0.25, 0.3) is 5.69 Å². The summed E-state index contributed by atoms with van der Waals surface area (Å²) < 4.78 is 6.75. The van der Waals surface area contributed by atoms with Gasteiger partial charge in [0, 0.05) is 36.0 Å². The number of carbonyl (C=O) groups is 3. The molecule has 1 aromatic heterocycles. The van der Waals surface area contributed by atoms with Crippen molar-refractivity contribution in [2.45, 2.75) is 42.0 Å². The van der Waals surface area contributed by atoms with Crippen molar-refractivity contribution >= 4 is 52.2 Å². The number of hydrogen-bond donors (Lipinski definition) is 0. The van der Waals surface area contributed by atoms with E-state index in [9.17, 15) is 29.3 Å². The fourth-order valence-corrected chi connectivity index (χ4v) is 8.56. The van der Waals surface area contributed by atoms with Crippen molar-refractivity contribution in [3.8, 4) is 5.75 Å². The molecule has 0 N–H and O–H groups in total. The van der Waals surface area contributed by atoms with Gasteiger partial charge in [-0.3, -0.25) is 33.9 Å². The van der Waals surface area contributed by atoms with Gasteiger partial charge >= 0.3 is 4.87 Å². The second kappa shape index (κ2) is 10.8. The fraction of sp³-hybridized carbons (Fsp3) is 0.357. The van der Waals surface area contributed by atoms with E-state index in [1.165, 1.54) is 28.8 Å². The molecule has 13 heteroatoms. The number of thiazole rings is 1. The third kappa shape index (κ3) is 4.72. The van der Waals surface area contributed by atoms with Crippen molar-refractivity contribution in [1.29, 1.82) is 0 Å². The second-order valence-electron chi connectivity index (χ2n) is 10.2. The fourth-order valence-electron chi connectivity index (χ4n) is 5.78. The Morgan fingerprint density at radius 3 is 2.32 bits per heavy atom. The molecular weight excluding hydrogens is 568 g/mol. The minimum Gasteiger partial charge on any atom is -0.497 e. The third-order valence-electron chi connectivity index (χ3n) is 7.85. The number of aromatic nitrogens is 1. The van der Waals surface area contributed by atoms with E-state index in [0.29, 0.717) is 28.7 Å². The zero-order valence-corrected chi connectivity index (χ0v) is 23.7. The number of nitrogens with zero attached hydrogens (tertiary/aromatic N) is 4. The molecule has 3 aromatic rings. The number of benzene rings is 2. The van der Waals surface area contributed by atoms with Gasteiger partial charge in [-0.1, -0.05) is 35.2 Å². The molecule has 11 nitrogen and oxygen atoms in total. The number of likely N-dealkylation sites (tertiary alicyclic amines) is 1. The SMILES string of the molecule is COc1ccc([C@H]2c3sc(=O)n(CC(=O)N4CCCCC4)c3SC3C(=O)N(c4ccc([N+](=O)[O-])cc4)C(=O)C32)cc1. The molecule has 0 saturated carbocycles. The molecule has 3 aliphatic heterocycles. The molecule has 0 aliphatic carbocycles. The van der Waals surface area contributed by atoms with Gasteiger partial charge in [0.05, 0.1) is 28.7 Å². The Morgan fingerprint density at radius 2 is 1.68 bits per heavy atom. The molecular formula is C28H26N4O7S2. The maximum atomic E-state index is 14.0. The molecule has 0 bridgehead atoms. The Bertz CT molecular complexity index is 1590. The van der Waals surface area contributed by atoms with Crippen LogP contribution in [0.1, 0.15) is 35.6 Å². The lowest BCUT2D eigenvalue weighted by molar-refractivity contribution is -0.384. The molecule has 3 amide bonds. The van der Waals surface area contributed by atoms with Gasteiger partial charge in [-0.15, -0.1) is 0 Å². The molecule has 2 aromatic carbocycles. The lowest BCUT2D eigenvalue weighted by Gasteiger charge is -2.31. The minimum atomic E-state index is -0.845. The Balaban J connectivity index is 1.42. The smallest absolute Gasteiger partial charge is 0.308 e. The number of amides is 3. The highest BCUT2D eigenvalue weighted by Gasteiger charge is 2.57. The van der Waals surface area contributed by atoms with Gasteiger partial charge in [-0.05, 0) is 49.1 Å². The average molecular weight is 595 g/mol. The highest BCUT2D eigenvalue weighted by Crippen LogP contribution is 2.54. The lowest BCUT2D eigenvalue weighted by atomic mass is 9.83. The first-order valence-electron chi connectivity index (χ1n) is 13.2. The number of hydrogen-bond acceptors (Lipinski definition) is 9. The van der Waals surface area contributed by atoms with Gasteiger partial charge in [0.2, 0.25) is 17.7 Å². The Labute approximate surface area is 242 Å². The quantitative estimate of drug-likeness (QED) is 0.240. The molecule has 2 unspecified atom stereocenters. The first kappa shape index (κ1) is 27.2. The van der Waals surface area contributed by atoms with Gasteiger partial charge in [-0.2, -0.15) is 0 Å². The van der Waals surface area contributed by atoms with E-state index in [4.69, 9.17) is 4.74 Å². The molecule has 0 radical (unpaired) electrons. The Kier molecular flexibility index (Phi) is 7.16. The van der Waals surface area contributed by atoms with Crippen LogP contribution < -0.4 is 14.5 Å². The van der Waals surface area contributed by atoms with Crippen LogP contribution in [0.25, 0.3) is 0 Å². The number of methoxy groups -OCH3 is 1. The summed E-state index contributed by atoms with van der Waals surface area (Å²) in [5, 5.41) is 10.8. The molecule has 212 valence electrons. The van der Waals surface area contributed by atoms with Crippen molar-refractivity contribution in [2.24, 2.45) is 5.92 Å². The molecule has 41 heavy (non-hydrogen) atoms. The van der Waals surface area contributed by atoms with Crippen LogP contribution in [0.15, 0.2) is 58.4 Å². The first-order chi connectivity index (χ1) is 19.8. The third-order valence-corrected chi connectivity index (χ3v) is 10.4. The summed E-state index contributed by atoms with van der Waals surface area (Å²) in [6, 6.07) is 12.5. The summed E-state index contributed by atoms with van der Waals surface area (Å²) in [6.07, 6.45) is 2.92. The van der Waals surface area contributed by atoms with Crippen LogP contribution in [0.5, 0.6) is 5.75 Å². The minimum absolute atomic E-state index is 0.126. The molecule has 4 heterocycles. The van der Waals surface area contributed by atoms with Crippen molar-refractivity contribution in [1.82, 2.24) is 9.47 Å². The largest absolute Gasteiger partial charge is 0.497 e. The van der Waals surface area contributed by atoms with Crippen LogP contribution in [0.4, 0.5) is 11.4 Å². The number of anilines is 1. The summed E-state index contributed by atoms with van der Waals surface area (Å²) in [4.78, 5) is 68.0. The molecule has 0 spiro atoms. The maximum absolute atomic E-state index is 14.0. The number of thioether (sulfide) groups is 1. The van der Waals surface area contributed by atoms with E-state index in [2.05, 4.69) is 0 Å². The molecule has 3 atom stereocenters. The summed E-state index contributed by atoms with van der Waals surface area (Å²) in [6.45, 7) is 1.19. The molecule has 2 saturated heterocycles. The summed E-state index contributed by atoms with van der Waals surface area (Å²) in [5.41, 5.74) is 0.834. The number of ether oxygens (including phenoxy) is 1. The van der Waals surface area contributed by atoms with Crippen molar-refractivity contribution in [3.63, 3.8) is 0 Å². The maximum Gasteiger partial charge on any atom is 0.308 e. The summed E-state index contributed by atoms with van der Waals surface area (Å²) >= 11 is 2.15. The number of nitro groups is 1. The normalized spacial score (nSPS) is 21.9. The summed E-state index contributed by atoms with van der Waals surface area (Å²) in [7, 11) is 1.55. The van der Waals surface area contributed by atoms with Crippen LogP contribution in [-0.4, -0.2) is 57.6 Å². The number of rotatable bonds is 6. The van der Waals surface area contributed by atoms with Crippen LogP contribution >= 0.6 is 23.1 Å². The van der Waals surface area contributed by atoms with E-state index < -0.39 is 33.8 Å². The lowest BCUT2D eigenvalue weighted by Crippen LogP contribution is -2.39. The van der Waals surface area contributed by atoms with Gasteiger partial charge in [-0.25, -0.2) is 4.90 Å². The first-order valence-corrected chi connectivity index (χ1v) is 14.9. The number of nitro benzene ring substituents is 1. The topological polar surface area (TPSA) is 132 Å². The number of imide groups is 1. The number of non-ortho nitro benzene ring substituents is 1. The number of carbonyl (C=O) groups excluding carboxylic acids is 3. The predicted octanol–water partition coefficient (Wildman–Crippen LogP) is 3.63. The standard InChI is InChI=1S/C28H26N4O7S2/c1-39-19-11-5-16(6-12-19)21-22-23(26(35)31(25(22)34)17-7-9-18(10-8-17)32(37)38)40-27-24(21)41-28(36)30(27)15-20(33)29-13-3-2-4-14-29/h5-12,21-23H,2-4,13-15H2,1H3/t21-,22?,23?/m1/s1. The van der Waals surface area contributed by atoms with E-state index in [-0.39, 0.29) is 28.7 Å². The van der Waals surface area contributed by atoms with E-state index in [0.717, 1.165) is 52.8 Å². The van der Waals surface area contributed by atoms with Crippen molar-refractivity contribution in [3.05, 3.63) is 78.8 Å². The zero-order valence-electron chi connectivity index (χ0n) is 22.1. The monoisotopic (exact) mass is 594 g/mol. The molecule has 6 rings (SSSR count). The van der Waals surface area contributed by atoms with E-state index >= 15 is 0 Å². The number of fused-ring (bicyclic) bond motifs is 2. The second-order valence-corrected chi connectivity index (χ2v) is 12.3. The van der Waals surface area contributed by atoms with Gasteiger partial charge < -0.3 is 9.64 Å². The zero-order chi connectivity index (χ0) is 28.8. The van der Waals surface area contributed by atoms with E-state index in [1.807, 2.05) is 12.1 Å². The Morgan fingerprint density at radius 1 is 1.00 bits per heavy atom. The van der Waals surface area contributed by atoms with Crippen LogP contribution in [0, 0.1) is 16.0 Å². The van der Waals surface area contributed by atoms with E-state index in [1.54, 1.807) is 24.1 Å². The van der Waals surface area contributed by atoms with Crippen LogP contribution in [0.3, 0.4) is 0 Å². The van der Waals surface area contributed by atoms with Crippen LogP contribution in [-0.2, 0) is 20.9 Å². The Hall–Kier alpha value is -3.97. The molecule has 2 fully saturated rings. The van der Waals surface area contributed by atoms with Crippen molar-refractivity contribution < 1.29 is 24.0 Å². The van der Waals surface area contributed by atoms with Gasteiger partial charge in [0.1, 0.15) is 17.5 Å². The predicted molar refractivity (Wildman–Crippen MR) is 153 cm³/mol. The highest BCUT2D eigenvalue weighted by molar-refractivity contribution is 8.00. The summed E-state index contributed by atoms with van der Waals surface area (Å²) in [5.74, 6) is -1.84. The average Bonchev–Trinajstić information content (AvgIpc) is 3.43. The number of piperidine rings is 1. The molecule has 3 aliphatic rings. The van der Waals surface area contributed by atoms with Crippen molar-refractivity contribution in [2.75, 3.05) is 25.1 Å².